The van der Waals surface area contributed by atoms with Gasteiger partial charge in [-0.2, -0.15) is 0 Å². The van der Waals surface area contributed by atoms with Gasteiger partial charge in [-0.1, -0.05) is 6.42 Å². The topological polar surface area (TPSA) is 38.8 Å². The molecule has 1 unspecified atom stereocenters. The number of hydrogen-bond donors (Lipinski definition) is 1. The first-order valence-corrected chi connectivity index (χ1v) is 8.58. The minimum absolute atomic E-state index is 0.259. The van der Waals surface area contributed by atoms with Crippen LogP contribution in [0, 0.1) is 0 Å². The zero-order valence-corrected chi connectivity index (χ0v) is 13.8. The van der Waals surface area contributed by atoms with Crippen molar-refractivity contribution in [3.05, 3.63) is 0 Å². The lowest BCUT2D eigenvalue weighted by Crippen LogP contribution is -2.49. The van der Waals surface area contributed by atoms with Crippen LogP contribution in [0.5, 0.6) is 0 Å². The molecule has 0 saturated carbocycles. The quantitative estimate of drug-likeness (QED) is 0.729. The number of likely N-dealkylation sites (N-methyl/N-ethyl adjacent to an activating group) is 1. The van der Waals surface area contributed by atoms with Gasteiger partial charge in [0.25, 0.3) is 0 Å². The molecule has 0 aromatic heterocycles. The van der Waals surface area contributed by atoms with Crippen LogP contribution in [-0.2, 0) is 4.79 Å². The minimum Gasteiger partial charge on any atom is -0.339 e. The van der Waals surface area contributed by atoms with Crippen LogP contribution < -0.4 is 5.32 Å². The second-order valence-corrected chi connectivity index (χ2v) is 6.60. The molecule has 21 heavy (non-hydrogen) atoms. The van der Waals surface area contributed by atoms with Gasteiger partial charge in [-0.3, -0.25) is 4.79 Å². The third-order valence-corrected chi connectivity index (χ3v) is 4.87. The molecule has 2 aliphatic heterocycles. The SMILES string of the molecule is CC1CCCCN1CCCNCC(=O)N1CCN(C)CC1. The van der Waals surface area contributed by atoms with E-state index in [4.69, 9.17) is 0 Å². The summed E-state index contributed by atoms with van der Waals surface area (Å²) >= 11 is 0. The van der Waals surface area contributed by atoms with Gasteiger partial charge in [0.1, 0.15) is 0 Å². The van der Waals surface area contributed by atoms with Gasteiger partial charge in [0.15, 0.2) is 0 Å². The maximum Gasteiger partial charge on any atom is 0.236 e. The third kappa shape index (κ3) is 5.57. The predicted octanol–water partition coefficient (Wildman–Crippen LogP) is 0.615. The molecule has 0 aromatic rings. The number of nitrogens with zero attached hydrogens (tertiary/aromatic N) is 3. The Morgan fingerprint density at radius 3 is 2.62 bits per heavy atom. The molecule has 5 nitrogen and oxygen atoms in total. The second kappa shape index (κ2) is 8.71. The number of amides is 1. The minimum atomic E-state index is 0.259. The summed E-state index contributed by atoms with van der Waals surface area (Å²) in [6.45, 7) is 9.95. The monoisotopic (exact) mass is 296 g/mol. The highest BCUT2D eigenvalue weighted by molar-refractivity contribution is 5.78. The molecule has 2 heterocycles. The summed E-state index contributed by atoms with van der Waals surface area (Å²) in [6.07, 6.45) is 5.21. The van der Waals surface area contributed by atoms with Crippen molar-refractivity contribution in [2.75, 3.05) is 59.4 Å². The van der Waals surface area contributed by atoms with E-state index in [1.54, 1.807) is 0 Å². The standard InChI is InChI=1S/C16H32N4O/c1-15-6-3-4-8-19(15)9-5-7-17-14-16(21)20-12-10-18(2)11-13-20/h15,17H,3-14H2,1-2H3. The Morgan fingerprint density at radius 2 is 1.90 bits per heavy atom. The number of hydrogen-bond acceptors (Lipinski definition) is 4. The molecular formula is C16H32N4O. The molecule has 122 valence electrons. The zero-order chi connectivity index (χ0) is 15.1. The first-order valence-electron chi connectivity index (χ1n) is 8.58. The summed E-state index contributed by atoms with van der Waals surface area (Å²) in [4.78, 5) is 18.9. The van der Waals surface area contributed by atoms with Crippen molar-refractivity contribution < 1.29 is 4.79 Å². The molecule has 2 aliphatic rings. The molecule has 2 fully saturated rings. The van der Waals surface area contributed by atoms with Gasteiger partial charge in [0.2, 0.25) is 5.91 Å². The molecule has 0 aliphatic carbocycles. The highest BCUT2D eigenvalue weighted by Crippen LogP contribution is 2.15. The molecule has 1 N–H and O–H groups in total. The number of carbonyl (C=O) groups is 1. The average molecular weight is 296 g/mol. The molecule has 2 saturated heterocycles. The third-order valence-electron chi connectivity index (χ3n) is 4.87. The molecule has 0 bridgehead atoms. The number of carbonyl (C=O) groups excluding carboxylic acids is 1. The highest BCUT2D eigenvalue weighted by atomic mass is 16.2. The molecule has 5 heteroatoms. The van der Waals surface area contributed by atoms with E-state index in [0.29, 0.717) is 6.54 Å². The second-order valence-electron chi connectivity index (χ2n) is 6.60. The normalized spacial score (nSPS) is 25.2. The summed E-state index contributed by atoms with van der Waals surface area (Å²) in [5.41, 5.74) is 0. The van der Waals surface area contributed by atoms with E-state index < -0.39 is 0 Å². The number of rotatable bonds is 6. The predicted molar refractivity (Wildman–Crippen MR) is 86.4 cm³/mol. The molecule has 0 aromatic carbocycles. The van der Waals surface area contributed by atoms with E-state index >= 15 is 0 Å². The van der Waals surface area contributed by atoms with E-state index in [1.165, 1.54) is 25.8 Å². The van der Waals surface area contributed by atoms with Crippen molar-refractivity contribution in [3.8, 4) is 0 Å². The van der Waals surface area contributed by atoms with Gasteiger partial charge in [-0.15, -0.1) is 0 Å². The van der Waals surface area contributed by atoms with Gasteiger partial charge >= 0.3 is 0 Å². The van der Waals surface area contributed by atoms with E-state index in [0.717, 1.165) is 51.7 Å². The molecule has 1 atom stereocenters. The van der Waals surface area contributed by atoms with Crippen LogP contribution in [-0.4, -0.2) is 86.1 Å². The van der Waals surface area contributed by atoms with Crippen molar-refractivity contribution in [1.29, 1.82) is 0 Å². The van der Waals surface area contributed by atoms with Gasteiger partial charge in [-0.05, 0) is 52.9 Å². The molecule has 1 amide bonds. The summed E-state index contributed by atoms with van der Waals surface area (Å²) in [5, 5.41) is 3.32. The van der Waals surface area contributed by atoms with Crippen LogP contribution in [0.25, 0.3) is 0 Å². The van der Waals surface area contributed by atoms with Crippen LogP contribution in [0.2, 0.25) is 0 Å². The molecule has 0 radical (unpaired) electrons. The van der Waals surface area contributed by atoms with Crippen LogP contribution >= 0.6 is 0 Å². The summed E-state index contributed by atoms with van der Waals surface area (Å²) in [7, 11) is 2.11. The Morgan fingerprint density at radius 1 is 1.14 bits per heavy atom. The summed E-state index contributed by atoms with van der Waals surface area (Å²) < 4.78 is 0. The van der Waals surface area contributed by atoms with Gasteiger partial charge < -0.3 is 20.0 Å². The Kier molecular flexibility index (Phi) is 6.93. The van der Waals surface area contributed by atoms with Crippen LogP contribution in [0.15, 0.2) is 0 Å². The van der Waals surface area contributed by atoms with Gasteiger partial charge in [-0.25, -0.2) is 0 Å². The lowest BCUT2D eigenvalue weighted by molar-refractivity contribution is -0.131. The average Bonchev–Trinajstić information content (AvgIpc) is 2.49. The van der Waals surface area contributed by atoms with Crippen molar-refractivity contribution in [1.82, 2.24) is 20.0 Å². The van der Waals surface area contributed by atoms with E-state index in [2.05, 4.69) is 29.1 Å². The maximum atomic E-state index is 12.1. The summed E-state index contributed by atoms with van der Waals surface area (Å²) in [5.74, 6) is 0.259. The maximum absolute atomic E-state index is 12.1. The zero-order valence-electron chi connectivity index (χ0n) is 13.8. The smallest absolute Gasteiger partial charge is 0.236 e. The van der Waals surface area contributed by atoms with Crippen LogP contribution in [0.3, 0.4) is 0 Å². The summed E-state index contributed by atoms with van der Waals surface area (Å²) in [6, 6.07) is 0.741. The number of piperidine rings is 1. The fraction of sp³-hybridized carbons (Fsp3) is 0.938. The van der Waals surface area contributed by atoms with E-state index in [9.17, 15) is 4.79 Å². The Bertz CT molecular complexity index is 315. The van der Waals surface area contributed by atoms with Crippen molar-refractivity contribution in [3.63, 3.8) is 0 Å². The lowest BCUT2D eigenvalue weighted by Gasteiger charge is -2.33. The molecule has 0 spiro atoms. The number of likely N-dealkylation sites (tertiary alicyclic amines) is 1. The van der Waals surface area contributed by atoms with Gasteiger partial charge in [0.05, 0.1) is 6.54 Å². The van der Waals surface area contributed by atoms with Crippen molar-refractivity contribution >= 4 is 5.91 Å². The van der Waals surface area contributed by atoms with Crippen LogP contribution in [0.1, 0.15) is 32.6 Å². The fourth-order valence-corrected chi connectivity index (χ4v) is 3.26. The van der Waals surface area contributed by atoms with Crippen molar-refractivity contribution in [2.24, 2.45) is 0 Å². The first-order chi connectivity index (χ1) is 10.2. The van der Waals surface area contributed by atoms with E-state index in [1.807, 2.05) is 4.90 Å². The number of piperazine rings is 1. The Hall–Kier alpha value is -0.650. The fourth-order valence-electron chi connectivity index (χ4n) is 3.26. The number of nitrogens with one attached hydrogen (secondary N) is 1. The largest absolute Gasteiger partial charge is 0.339 e. The molecule has 2 rings (SSSR count). The Balaban J connectivity index is 1.52. The van der Waals surface area contributed by atoms with Crippen LogP contribution in [0.4, 0.5) is 0 Å². The van der Waals surface area contributed by atoms with E-state index in [-0.39, 0.29) is 5.91 Å². The Labute approximate surface area is 129 Å². The molecular weight excluding hydrogens is 264 g/mol. The lowest BCUT2D eigenvalue weighted by atomic mass is 10.0. The van der Waals surface area contributed by atoms with Gasteiger partial charge in [0, 0.05) is 32.2 Å². The highest BCUT2D eigenvalue weighted by Gasteiger charge is 2.19. The first kappa shape index (κ1) is 16.7. The van der Waals surface area contributed by atoms with Crippen molar-refractivity contribution in [2.45, 2.75) is 38.6 Å².